The molecule has 5 nitrogen and oxygen atoms in total. The maximum absolute atomic E-state index is 12.0. The van der Waals surface area contributed by atoms with Gasteiger partial charge in [-0.3, -0.25) is 9.59 Å². The fourth-order valence-electron chi connectivity index (χ4n) is 1.71. The first-order chi connectivity index (χ1) is 9.45. The molecule has 1 atom stereocenters. The van der Waals surface area contributed by atoms with Crippen LogP contribution in [0.4, 0.5) is 5.69 Å². The lowest BCUT2D eigenvalue weighted by molar-refractivity contribution is -0.119. The van der Waals surface area contributed by atoms with Gasteiger partial charge in [0.25, 0.3) is 5.91 Å². The van der Waals surface area contributed by atoms with Gasteiger partial charge < -0.3 is 15.5 Å². The van der Waals surface area contributed by atoms with Gasteiger partial charge in [0.05, 0.1) is 0 Å². The van der Waals surface area contributed by atoms with Gasteiger partial charge in [-0.25, -0.2) is 0 Å². The van der Waals surface area contributed by atoms with Crippen molar-refractivity contribution in [1.82, 2.24) is 10.2 Å². The van der Waals surface area contributed by atoms with Crippen LogP contribution in [-0.2, 0) is 4.79 Å². The van der Waals surface area contributed by atoms with Crippen LogP contribution in [-0.4, -0.2) is 43.9 Å². The van der Waals surface area contributed by atoms with Crippen LogP contribution >= 0.6 is 0 Å². The van der Waals surface area contributed by atoms with Gasteiger partial charge in [0.2, 0.25) is 5.91 Å². The summed E-state index contributed by atoms with van der Waals surface area (Å²) < 4.78 is 0. The molecule has 0 fully saturated rings. The van der Waals surface area contributed by atoms with Gasteiger partial charge in [-0.2, -0.15) is 0 Å². The first kappa shape index (κ1) is 16.2. The van der Waals surface area contributed by atoms with E-state index >= 15 is 0 Å². The molecule has 5 heteroatoms. The van der Waals surface area contributed by atoms with Crippen LogP contribution in [0.15, 0.2) is 24.3 Å². The summed E-state index contributed by atoms with van der Waals surface area (Å²) in [7, 11) is 3.40. The van der Waals surface area contributed by atoms with E-state index < -0.39 is 0 Å². The highest BCUT2D eigenvalue weighted by molar-refractivity contribution is 5.97. The third-order valence-electron chi connectivity index (χ3n) is 2.93. The summed E-state index contributed by atoms with van der Waals surface area (Å²) >= 11 is 0. The van der Waals surface area contributed by atoms with Crippen LogP contribution in [0, 0.1) is 5.92 Å². The molecule has 2 amide bonds. The highest BCUT2D eigenvalue weighted by atomic mass is 16.2. The molecule has 0 saturated heterocycles. The molecular formula is C15H23N3O2. The fourth-order valence-corrected chi connectivity index (χ4v) is 1.71. The quantitative estimate of drug-likeness (QED) is 0.830. The summed E-state index contributed by atoms with van der Waals surface area (Å²) in [5.41, 5.74) is 1.21. The van der Waals surface area contributed by atoms with Gasteiger partial charge in [-0.15, -0.1) is 0 Å². The molecular weight excluding hydrogens is 254 g/mol. The molecule has 0 aliphatic heterocycles. The molecule has 0 spiro atoms. The fraction of sp³-hybridized carbons (Fsp3) is 0.467. The van der Waals surface area contributed by atoms with E-state index in [1.165, 1.54) is 4.90 Å². The van der Waals surface area contributed by atoms with Crippen LogP contribution in [0.5, 0.6) is 0 Å². The standard InChI is InChI=1S/C15H23N3O2/c1-5-16-10-11(2)14(19)17-13-8-6-7-12(9-13)15(20)18(3)4/h6-9,11,16H,5,10H2,1-4H3,(H,17,19). The zero-order valence-electron chi connectivity index (χ0n) is 12.6. The Kier molecular flexibility index (Phi) is 6.18. The number of nitrogens with one attached hydrogen (secondary N) is 2. The number of hydrogen-bond acceptors (Lipinski definition) is 3. The van der Waals surface area contributed by atoms with Crippen LogP contribution in [0.3, 0.4) is 0 Å². The van der Waals surface area contributed by atoms with Gasteiger partial charge in [-0.05, 0) is 24.7 Å². The van der Waals surface area contributed by atoms with E-state index in [9.17, 15) is 9.59 Å². The number of carbonyl (C=O) groups excluding carboxylic acids is 2. The molecule has 20 heavy (non-hydrogen) atoms. The van der Waals surface area contributed by atoms with Crippen molar-refractivity contribution in [3.63, 3.8) is 0 Å². The zero-order chi connectivity index (χ0) is 15.1. The summed E-state index contributed by atoms with van der Waals surface area (Å²) in [6.45, 7) is 5.34. The van der Waals surface area contributed by atoms with Crippen molar-refractivity contribution in [1.29, 1.82) is 0 Å². The SMILES string of the molecule is CCNCC(C)C(=O)Nc1cccc(C(=O)N(C)C)c1. The molecule has 0 aliphatic rings. The molecule has 0 aromatic heterocycles. The molecule has 1 aromatic rings. The predicted octanol–water partition coefficient (Wildman–Crippen LogP) is 1.57. The second kappa shape index (κ2) is 7.65. The van der Waals surface area contributed by atoms with Crippen LogP contribution < -0.4 is 10.6 Å². The summed E-state index contributed by atoms with van der Waals surface area (Å²) in [6.07, 6.45) is 0. The van der Waals surface area contributed by atoms with Gasteiger partial charge in [0.1, 0.15) is 0 Å². The maximum atomic E-state index is 12.0. The number of benzene rings is 1. The van der Waals surface area contributed by atoms with Crippen LogP contribution in [0.1, 0.15) is 24.2 Å². The minimum Gasteiger partial charge on any atom is -0.345 e. The normalized spacial score (nSPS) is 11.8. The Balaban J connectivity index is 2.71. The minimum atomic E-state index is -0.122. The first-order valence-electron chi connectivity index (χ1n) is 6.79. The largest absolute Gasteiger partial charge is 0.345 e. The monoisotopic (exact) mass is 277 g/mol. The summed E-state index contributed by atoms with van der Waals surface area (Å²) in [6, 6.07) is 6.98. The van der Waals surface area contributed by atoms with Crippen molar-refractivity contribution in [3.05, 3.63) is 29.8 Å². The van der Waals surface area contributed by atoms with E-state index in [1.807, 2.05) is 13.8 Å². The lowest BCUT2D eigenvalue weighted by Crippen LogP contribution is -2.30. The van der Waals surface area contributed by atoms with Crippen molar-refractivity contribution < 1.29 is 9.59 Å². The highest BCUT2D eigenvalue weighted by Gasteiger charge is 2.13. The second-order valence-electron chi connectivity index (χ2n) is 4.98. The van der Waals surface area contributed by atoms with E-state index in [-0.39, 0.29) is 17.7 Å². The average Bonchev–Trinajstić information content (AvgIpc) is 2.43. The van der Waals surface area contributed by atoms with Crippen molar-refractivity contribution in [2.24, 2.45) is 5.92 Å². The first-order valence-corrected chi connectivity index (χ1v) is 6.79. The van der Waals surface area contributed by atoms with Crippen LogP contribution in [0.2, 0.25) is 0 Å². The smallest absolute Gasteiger partial charge is 0.253 e. The number of anilines is 1. The van der Waals surface area contributed by atoms with Crippen molar-refractivity contribution in [2.45, 2.75) is 13.8 Å². The van der Waals surface area contributed by atoms with Crippen molar-refractivity contribution >= 4 is 17.5 Å². The van der Waals surface area contributed by atoms with E-state index in [2.05, 4.69) is 10.6 Å². The van der Waals surface area contributed by atoms with E-state index in [1.54, 1.807) is 38.4 Å². The third-order valence-corrected chi connectivity index (χ3v) is 2.93. The highest BCUT2D eigenvalue weighted by Crippen LogP contribution is 2.13. The molecule has 1 rings (SSSR count). The molecule has 0 heterocycles. The van der Waals surface area contributed by atoms with Crippen molar-refractivity contribution in [3.8, 4) is 0 Å². The Morgan fingerprint density at radius 1 is 1.30 bits per heavy atom. The summed E-state index contributed by atoms with van der Waals surface area (Å²) in [5, 5.41) is 5.97. The summed E-state index contributed by atoms with van der Waals surface area (Å²) in [5.74, 6) is -0.259. The van der Waals surface area contributed by atoms with Gasteiger partial charge >= 0.3 is 0 Å². The second-order valence-corrected chi connectivity index (χ2v) is 4.98. The van der Waals surface area contributed by atoms with E-state index in [4.69, 9.17) is 0 Å². The maximum Gasteiger partial charge on any atom is 0.253 e. The molecule has 0 radical (unpaired) electrons. The minimum absolute atomic E-state index is 0.0552. The Bertz CT molecular complexity index is 472. The van der Waals surface area contributed by atoms with Gasteiger partial charge in [0, 0.05) is 37.8 Å². The third kappa shape index (κ3) is 4.66. The predicted molar refractivity (Wildman–Crippen MR) is 80.8 cm³/mol. The molecule has 0 saturated carbocycles. The van der Waals surface area contributed by atoms with E-state index in [0.717, 1.165) is 6.54 Å². The van der Waals surface area contributed by atoms with Crippen LogP contribution in [0.25, 0.3) is 0 Å². The molecule has 0 aliphatic carbocycles. The zero-order valence-corrected chi connectivity index (χ0v) is 12.6. The Morgan fingerprint density at radius 2 is 2.00 bits per heavy atom. The van der Waals surface area contributed by atoms with Gasteiger partial charge in [0.15, 0.2) is 0 Å². The summed E-state index contributed by atoms with van der Waals surface area (Å²) in [4.78, 5) is 25.4. The lowest BCUT2D eigenvalue weighted by atomic mass is 10.1. The number of rotatable bonds is 6. The average molecular weight is 277 g/mol. The van der Waals surface area contributed by atoms with Gasteiger partial charge in [-0.1, -0.05) is 19.9 Å². The number of hydrogen-bond donors (Lipinski definition) is 2. The Hall–Kier alpha value is -1.88. The number of carbonyl (C=O) groups is 2. The number of nitrogens with zero attached hydrogens (tertiary/aromatic N) is 1. The van der Waals surface area contributed by atoms with Crippen molar-refractivity contribution in [2.75, 3.05) is 32.5 Å². The Morgan fingerprint density at radius 3 is 2.60 bits per heavy atom. The molecule has 2 N–H and O–H groups in total. The molecule has 1 unspecified atom stereocenters. The molecule has 110 valence electrons. The molecule has 0 bridgehead atoms. The number of amides is 2. The lowest BCUT2D eigenvalue weighted by Gasteiger charge is -2.14. The van der Waals surface area contributed by atoms with E-state index in [0.29, 0.717) is 17.8 Å². The Labute approximate surface area is 120 Å². The topological polar surface area (TPSA) is 61.4 Å². The molecule has 1 aromatic carbocycles.